The zero-order valence-corrected chi connectivity index (χ0v) is 27.8. The molecule has 0 amide bonds. The lowest BCUT2D eigenvalue weighted by atomic mass is 10.0. The predicted octanol–water partition coefficient (Wildman–Crippen LogP) is 12.6. The second kappa shape index (κ2) is 11.7. The predicted molar refractivity (Wildman–Crippen MR) is 211 cm³/mol. The van der Waals surface area contributed by atoms with E-state index < -0.39 is 0 Å². The third kappa shape index (κ3) is 4.65. The molecule has 0 aliphatic carbocycles. The van der Waals surface area contributed by atoms with Crippen LogP contribution in [0.15, 0.2) is 176 Å². The Kier molecular flexibility index (Phi) is 6.68. The van der Waals surface area contributed by atoms with E-state index in [1.807, 2.05) is 18.2 Å². The normalized spacial score (nSPS) is 11.6. The van der Waals surface area contributed by atoms with Gasteiger partial charge in [-0.1, -0.05) is 146 Å². The van der Waals surface area contributed by atoms with Crippen LogP contribution in [0.2, 0.25) is 0 Å². The van der Waals surface area contributed by atoms with E-state index in [4.69, 9.17) is 9.97 Å². The maximum atomic E-state index is 5.28. The van der Waals surface area contributed by atoms with Gasteiger partial charge in [-0.15, -0.1) is 11.3 Å². The molecule has 3 heterocycles. The summed E-state index contributed by atoms with van der Waals surface area (Å²) in [6.45, 7) is 0. The molecule has 0 saturated heterocycles. The van der Waals surface area contributed by atoms with Crippen LogP contribution in [0.4, 0.5) is 0 Å². The molecule has 0 fully saturated rings. The molecule has 0 N–H and O–H groups in total. The van der Waals surface area contributed by atoms with Gasteiger partial charge in [0.25, 0.3) is 0 Å². The zero-order chi connectivity index (χ0) is 33.0. The fourth-order valence-electron chi connectivity index (χ4n) is 7.29. The molecule has 3 aromatic heterocycles. The van der Waals surface area contributed by atoms with Crippen molar-refractivity contribution in [3.8, 4) is 50.6 Å². The number of aromatic nitrogens is 3. The summed E-state index contributed by atoms with van der Waals surface area (Å²) in [5, 5.41) is 3.67. The third-order valence-electron chi connectivity index (χ3n) is 9.61. The Hall–Kier alpha value is -6.36. The van der Waals surface area contributed by atoms with Crippen molar-refractivity contribution in [3.63, 3.8) is 0 Å². The van der Waals surface area contributed by atoms with E-state index >= 15 is 0 Å². The molecule has 0 atom stereocenters. The fraction of sp³-hybridized carbons (Fsp3) is 0. The second-order valence-electron chi connectivity index (χ2n) is 12.6. The van der Waals surface area contributed by atoms with E-state index in [9.17, 15) is 0 Å². The average Bonchev–Trinajstić information content (AvgIpc) is 3.74. The Balaban J connectivity index is 1.19. The number of fused-ring (bicyclic) bond motifs is 6. The molecule has 50 heavy (non-hydrogen) atoms. The highest BCUT2D eigenvalue weighted by molar-refractivity contribution is 7.26. The SMILES string of the molecule is c1ccc(-c2cccc(-c3nc(-c4ccccc4)nc4c3sc3c(-c5cccc(-n6c7ccccc7c7ccccc76)c5)cccc34)c2)cc1. The maximum absolute atomic E-state index is 5.28. The van der Waals surface area contributed by atoms with Crippen LogP contribution in [0.25, 0.3) is 92.7 Å². The van der Waals surface area contributed by atoms with Crippen LogP contribution in [-0.4, -0.2) is 14.5 Å². The van der Waals surface area contributed by atoms with Crippen LogP contribution in [-0.2, 0) is 0 Å². The van der Waals surface area contributed by atoms with Crippen molar-refractivity contribution in [2.45, 2.75) is 0 Å². The molecular weight excluding hydrogens is 627 g/mol. The van der Waals surface area contributed by atoms with Crippen LogP contribution in [0, 0.1) is 0 Å². The molecule has 7 aromatic carbocycles. The number of rotatable bonds is 5. The zero-order valence-electron chi connectivity index (χ0n) is 27.0. The highest BCUT2D eigenvalue weighted by Gasteiger charge is 2.20. The maximum Gasteiger partial charge on any atom is 0.160 e. The second-order valence-corrected chi connectivity index (χ2v) is 13.6. The standard InChI is InChI=1S/C46H29N3S/c1-3-14-30(15-4-1)32-18-11-20-34(28-32)42-45-43(48-46(47-42)31-16-5-2-6-17-31)39-25-13-24-36(44(39)50-45)33-19-12-21-35(29-33)49-40-26-9-7-22-37(40)38-23-8-10-27-41(38)49/h1-29H. The number of hydrogen-bond donors (Lipinski definition) is 0. The van der Waals surface area contributed by atoms with E-state index in [1.165, 1.54) is 48.8 Å². The van der Waals surface area contributed by atoms with Gasteiger partial charge in [0.2, 0.25) is 0 Å². The Morgan fingerprint density at radius 1 is 0.400 bits per heavy atom. The molecule has 3 nitrogen and oxygen atoms in total. The van der Waals surface area contributed by atoms with E-state index in [0.29, 0.717) is 0 Å². The minimum Gasteiger partial charge on any atom is -0.309 e. The van der Waals surface area contributed by atoms with Crippen LogP contribution < -0.4 is 0 Å². The van der Waals surface area contributed by atoms with Crippen molar-refractivity contribution < 1.29 is 0 Å². The highest BCUT2D eigenvalue weighted by atomic mass is 32.1. The smallest absolute Gasteiger partial charge is 0.160 e. The van der Waals surface area contributed by atoms with Gasteiger partial charge in [0, 0.05) is 37.7 Å². The lowest BCUT2D eigenvalue weighted by molar-refractivity contribution is 1.18. The minimum atomic E-state index is 0.733. The molecule has 4 heteroatoms. The van der Waals surface area contributed by atoms with Gasteiger partial charge < -0.3 is 4.57 Å². The fourth-order valence-corrected chi connectivity index (χ4v) is 8.58. The van der Waals surface area contributed by atoms with Gasteiger partial charge >= 0.3 is 0 Å². The van der Waals surface area contributed by atoms with Gasteiger partial charge in [-0.2, -0.15) is 0 Å². The third-order valence-corrected chi connectivity index (χ3v) is 10.8. The van der Waals surface area contributed by atoms with Crippen molar-refractivity contribution in [2.24, 2.45) is 0 Å². The summed E-state index contributed by atoms with van der Waals surface area (Å²) >= 11 is 1.79. The van der Waals surface area contributed by atoms with Crippen molar-refractivity contribution >= 4 is 53.4 Å². The quantitative estimate of drug-likeness (QED) is 0.185. The lowest BCUT2D eigenvalue weighted by Crippen LogP contribution is -1.94. The molecule has 0 unspecified atom stereocenters. The summed E-state index contributed by atoms with van der Waals surface area (Å²) in [5.74, 6) is 0.733. The van der Waals surface area contributed by atoms with E-state index in [2.05, 4.69) is 162 Å². The first-order valence-corrected chi connectivity index (χ1v) is 17.7. The Bertz CT molecular complexity index is 2810. The van der Waals surface area contributed by atoms with Crippen LogP contribution in [0.3, 0.4) is 0 Å². The minimum absolute atomic E-state index is 0.733. The summed E-state index contributed by atoms with van der Waals surface area (Å²) < 4.78 is 4.69. The van der Waals surface area contributed by atoms with Crippen molar-refractivity contribution in [3.05, 3.63) is 176 Å². The van der Waals surface area contributed by atoms with E-state index in [-0.39, 0.29) is 0 Å². The Morgan fingerprint density at radius 2 is 0.980 bits per heavy atom. The first-order valence-electron chi connectivity index (χ1n) is 16.8. The van der Waals surface area contributed by atoms with Gasteiger partial charge in [0.05, 0.1) is 26.9 Å². The molecule has 0 radical (unpaired) electrons. The van der Waals surface area contributed by atoms with E-state index in [1.54, 1.807) is 11.3 Å². The Labute approximate surface area is 293 Å². The Morgan fingerprint density at radius 3 is 1.74 bits per heavy atom. The molecule has 0 saturated carbocycles. The molecule has 0 aliphatic heterocycles. The van der Waals surface area contributed by atoms with Crippen LogP contribution in [0.5, 0.6) is 0 Å². The first-order chi connectivity index (χ1) is 24.8. The summed E-state index contributed by atoms with van der Waals surface area (Å²) in [4.78, 5) is 10.5. The molecule has 0 spiro atoms. The van der Waals surface area contributed by atoms with Gasteiger partial charge in [-0.05, 0) is 52.6 Å². The molecule has 10 rings (SSSR count). The van der Waals surface area contributed by atoms with Crippen molar-refractivity contribution in [2.75, 3.05) is 0 Å². The summed E-state index contributed by atoms with van der Waals surface area (Å²) in [7, 11) is 0. The largest absolute Gasteiger partial charge is 0.309 e. The van der Waals surface area contributed by atoms with Crippen molar-refractivity contribution in [1.82, 2.24) is 14.5 Å². The number of thiophene rings is 1. The van der Waals surface area contributed by atoms with Crippen LogP contribution >= 0.6 is 11.3 Å². The monoisotopic (exact) mass is 655 g/mol. The number of benzene rings is 7. The molecule has 10 aromatic rings. The number of para-hydroxylation sites is 2. The number of nitrogens with zero attached hydrogens (tertiary/aromatic N) is 3. The summed E-state index contributed by atoms with van der Waals surface area (Å²) in [6, 6.07) is 62.5. The van der Waals surface area contributed by atoms with Crippen molar-refractivity contribution in [1.29, 1.82) is 0 Å². The van der Waals surface area contributed by atoms with E-state index in [0.717, 1.165) is 43.9 Å². The van der Waals surface area contributed by atoms with Gasteiger partial charge in [0.15, 0.2) is 5.82 Å². The summed E-state index contributed by atoms with van der Waals surface area (Å²) in [6.07, 6.45) is 0. The summed E-state index contributed by atoms with van der Waals surface area (Å²) in [5.41, 5.74) is 12.3. The van der Waals surface area contributed by atoms with Gasteiger partial charge in [0.1, 0.15) is 0 Å². The molecular formula is C46H29N3S. The first kappa shape index (κ1) is 28.6. The lowest BCUT2D eigenvalue weighted by Gasteiger charge is -2.11. The average molecular weight is 656 g/mol. The highest BCUT2D eigenvalue weighted by Crippen LogP contribution is 2.44. The molecule has 234 valence electrons. The van der Waals surface area contributed by atoms with Gasteiger partial charge in [-0.25, -0.2) is 9.97 Å². The van der Waals surface area contributed by atoms with Crippen LogP contribution in [0.1, 0.15) is 0 Å². The van der Waals surface area contributed by atoms with Gasteiger partial charge in [-0.3, -0.25) is 0 Å². The molecule has 0 bridgehead atoms. The number of hydrogen-bond acceptors (Lipinski definition) is 3. The molecule has 0 aliphatic rings. The topological polar surface area (TPSA) is 30.7 Å².